The first-order valence-corrected chi connectivity index (χ1v) is 3.94. The summed E-state index contributed by atoms with van der Waals surface area (Å²) in [7, 11) is 0. The van der Waals surface area contributed by atoms with Crippen LogP contribution < -0.4 is 10.6 Å². The van der Waals surface area contributed by atoms with E-state index in [9.17, 15) is 9.59 Å². The van der Waals surface area contributed by atoms with Gasteiger partial charge in [-0.25, -0.2) is 0 Å². The zero-order chi connectivity index (χ0) is 9.26. The summed E-state index contributed by atoms with van der Waals surface area (Å²) in [6, 6.07) is 7.10. The van der Waals surface area contributed by atoms with Gasteiger partial charge in [0, 0.05) is 0 Å². The first-order chi connectivity index (χ1) is 6.25. The van der Waals surface area contributed by atoms with E-state index in [2.05, 4.69) is 10.6 Å². The van der Waals surface area contributed by atoms with Crippen LogP contribution in [0.2, 0.25) is 0 Å². The summed E-state index contributed by atoms with van der Waals surface area (Å²) in [6.45, 7) is 0. The van der Waals surface area contributed by atoms with Crippen molar-refractivity contribution in [1.82, 2.24) is 0 Å². The van der Waals surface area contributed by atoms with Crippen molar-refractivity contribution in [2.75, 3.05) is 10.6 Å². The summed E-state index contributed by atoms with van der Waals surface area (Å²) in [4.78, 5) is 22.2. The number of hydrogen-bond acceptors (Lipinski definition) is 2. The molecule has 1 aliphatic rings. The molecule has 0 aliphatic carbocycles. The molecule has 0 spiro atoms. The third-order valence-electron chi connectivity index (χ3n) is 1.80. The average Bonchev–Trinajstić information content (AvgIpc) is 2.20. The van der Waals surface area contributed by atoms with E-state index in [1.54, 1.807) is 24.3 Å². The number of carbonyl (C=O) groups is 2. The van der Waals surface area contributed by atoms with E-state index in [1.807, 2.05) is 0 Å². The van der Waals surface area contributed by atoms with Crippen LogP contribution in [0.4, 0.5) is 11.4 Å². The molecule has 0 saturated carbocycles. The van der Waals surface area contributed by atoms with Gasteiger partial charge in [-0.2, -0.15) is 0 Å². The number of amides is 2. The third-order valence-corrected chi connectivity index (χ3v) is 1.80. The summed E-state index contributed by atoms with van der Waals surface area (Å²) in [5, 5.41) is 5.26. The van der Waals surface area contributed by atoms with E-state index in [4.69, 9.17) is 0 Å². The lowest BCUT2D eigenvalue weighted by molar-refractivity contribution is -0.123. The molecule has 0 radical (unpaired) electrons. The number of benzene rings is 1. The van der Waals surface area contributed by atoms with Gasteiger partial charge >= 0.3 is 0 Å². The number of halogens is 3. The number of anilines is 2. The molecule has 0 unspecified atom stereocenters. The number of carbonyl (C=O) groups excluding carboxylic acids is 2. The molecule has 0 aromatic heterocycles. The minimum Gasteiger partial charge on any atom is -0.324 e. The van der Waals surface area contributed by atoms with Crippen LogP contribution in [0, 0.1) is 0 Å². The van der Waals surface area contributed by atoms with Crippen molar-refractivity contribution in [1.29, 1.82) is 0 Å². The SMILES string of the molecule is Cl.Cl.Cl.O=C1CC(=O)Nc2ccccc2N1. The maximum Gasteiger partial charge on any atom is 0.233 e. The number of rotatable bonds is 0. The molecular weight excluding hydrogens is 274 g/mol. The van der Waals surface area contributed by atoms with Crippen molar-refractivity contribution in [3.05, 3.63) is 24.3 Å². The quantitative estimate of drug-likeness (QED) is 0.718. The minimum atomic E-state index is -0.276. The molecule has 1 aliphatic heterocycles. The molecule has 0 atom stereocenters. The second-order valence-corrected chi connectivity index (χ2v) is 2.82. The number of fused-ring (bicyclic) bond motifs is 1. The van der Waals surface area contributed by atoms with Gasteiger partial charge in [0.2, 0.25) is 11.8 Å². The normalized spacial score (nSPS) is 12.5. The van der Waals surface area contributed by atoms with Crippen LogP contribution in [0.3, 0.4) is 0 Å². The fourth-order valence-corrected chi connectivity index (χ4v) is 1.24. The maximum atomic E-state index is 11.1. The zero-order valence-corrected chi connectivity index (χ0v) is 10.5. The Kier molecular flexibility index (Phi) is 7.98. The van der Waals surface area contributed by atoms with Crippen LogP contribution in [0.5, 0.6) is 0 Å². The molecule has 1 aromatic rings. The largest absolute Gasteiger partial charge is 0.324 e. The summed E-state index contributed by atoms with van der Waals surface area (Å²) in [5.41, 5.74) is 1.30. The van der Waals surface area contributed by atoms with Crippen LogP contribution in [-0.4, -0.2) is 11.8 Å². The van der Waals surface area contributed by atoms with Gasteiger partial charge in [-0.05, 0) is 12.1 Å². The lowest BCUT2D eigenvalue weighted by Gasteiger charge is -2.04. The van der Waals surface area contributed by atoms with Crippen LogP contribution in [-0.2, 0) is 9.59 Å². The Morgan fingerprint density at radius 3 is 1.56 bits per heavy atom. The lowest BCUT2D eigenvalue weighted by Crippen LogP contribution is -2.16. The van der Waals surface area contributed by atoms with E-state index < -0.39 is 0 Å². The highest BCUT2D eigenvalue weighted by Crippen LogP contribution is 2.23. The molecule has 2 rings (SSSR count). The zero-order valence-electron chi connectivity index (χ0n) is 8.06. The van der Waals surface area contributed by atoms with E-state index in [-0.39, 0.29) is 55.5 Å². The van der Waals surface area contributed by atoms with E-state index >= 15 is 0 Å². The van der Waals surface area contributed by atoms with E-state index in [0.717, 1.165) is 0 Å². The Bertz CT molecular complexity index is 350. The molecule has 0 saturated heterocycles. The Labute approximate surface area is 111 Å². The highest BCUT2D eigenvalue weighted by Gasteiger charge is 2.16. The summed E-state index contributed by atoms with van der Waals surface area (Å²) >= 11 is 0. The fraction of sp³-hybridized carbons (Fsp3) is 0.111. The first-order valence-electron chi connectivity index (χ1n) is 3.94. The fourth-order valence-electron chi connectivity index (χ4n) is 1.24. The topological polar surface area (TPSA) is 58.2 Å². The smallest absolute Gasteiger partial charge is 0.233 e. The first kappa shape index (κ1) is 17.4. The monoisotopic (exact) mass is 284 g/mol. The second-order valence-electron chi connectivity index (χ2n) is 2.82. The van der Waals surface area contributed by atoms with Crippen LogP contribution in [0.15, 0.2) is 24.3 Å². The molecule has 0 fully saturated rings. The molecule has 1 heterocycles. The lowest BCUT2D eigenvalue weighted by atomic mass is 10.2. The molecule has 90 valence electrons. The number of nitrogens with one attached hydrogen (secondary N) is 2. The Morgan fingerprint density at radius 1 is 0.812 bits per heavy atom. The molecule has 16 heavy (non-hydrogen) atoms. The van der Waals surface area contributed by atoms with Gasteiger partial charge in [0.15, 0.2) is 0 Å². The van der Waals surface area contributed by atoms with Gasteiger partial charge < -0.3 is 10.6 Å². The van der Waals surface area contributed by atoms with Gasteiger partial charge in [0.05, 0.1) is 11.4 Å². The standard InChI is InChI=1S/C9H8N2O2.3ClH/c12-8-5-9(13)11-7-4-2-1-3-6(7)10-8;;;/h1-4H,5H2,(H,10,12)(H,11,13);3*1H. The molecule has 2 N–H and O–H groups in total. The highest BCUT2D eigenvalue weighted by atomic mass is 35.5. The van der Waals surface area contributed by atoms with Crippen molar-refractivity contribution >= 4 is 60.4 Å². The Hall–Kier alpha value is -0.970. The predicted molar refractivity (Wildman–Crippen MR) is 70.1 cm³/mol. The summed E-state index contributed by atoms with van der Waals surface area (Å²) in [5.74, 6) is -0.551. The van der Waals surface area contributed by atoms with Crippen molar-refractivity contribution in [2.45, 2.75) is 6.42 Å². The summed E-state index contributed by atoms with van der Waals surface area (Å²) in [6.07, 6.45) is -0.116. The van der Waals surface area contributed by atoms with Crippen molar-refractivity contribution in [3.8, 4) is 0 Å². The maximum absolute atomic E-state index is 11.1. The summed E-state index contributed by atoms with van der Waals surface area (Å²) < 4.78 is 0. The van der Waals surface area contributed by atoms with Gasteiger partial charge in [-0.15, -0.1) is 37.2 Å². The third kappa shape index (κ3) is 3.89. The van der Waals surface area contributed by atoms with Gasteiger partial charge in [-0.3, -0.25) is 9.59 Å². The van der Waals surface area contributed by atoms with E-state index in [0.29, 0.717) is 11.4 Å². The van der Waals surface area contributed by atoms with Crippen molar-refractivity contribution in [2.24, 2.45) is 0 Å². The van der Waals surface area contributed by atoms with Crippen LogP contribution in [0.25, 0.3) is 0 Å². The average molecular weight is 286 g/mol. The number of hydrogen-bond donors (Lipinski definition) is 2. The molecule has 0 bridgehead atoms. The highest BCUT2D eigenvalue weighted by molar-refractivity contribution is 6.13. The van der Waals surface area contributed by atoms with Crippen molar-refractivity contribution in [3.63, 3.8) is 0 Å². The van der Waals surface area contributed by atoms with Gasteiger partial charge in [0.1, 0.15) is 6.42 Å². The molecule has 4 nitrogen and oxygen atoms in total. The molecule has 2 amide bonds. The predicted octanol–water partition coefficient (Wildman–Crippen LogP) is 2.23. The number of para-hydroxylation sites is 2. The van der Waals surface area contributed by atoms with Crippen LogP contribution in [0.1, 0.15) is 6.42 Å². The van der Waals surface area contributed by atoms with Gasteiger partial charge in [-0.1, -0.05) is 12.1 Å². The molecular formula is C9H11Cl3N2O2. The van der Waals surface area contributed by atoms with Gasteiger partial charge in [0.25, 0.3) is 0 Å². The Morgan fingerprint density at radius 2 is 1.19 bits per heavy atom. The van der Waals surface area contributed by atoms with Crippen molar-refractivity contribution < 1.29 is 9.59 Å². The second kappa shape index (κ2) is 7.33. The molecule has 1 aromatic carbocycles. The Balaban J connectivity index is 0. The minimum absolute atomic E-state index is 0. The van der Waals surface area contributed by atoms with Crippen LogP contribution >= 0.6 is 37.2 Å². The molecule has 7 heteroatoms. The van der Waals surface area contributed by atoms with E-state index in [1.165, 1.54) is 0 Å².